The molecule has 1 atom stereocenters. The maximum atomic E-state index is 12.6. The number of rotatable bonds is 4. The van der Waals surface area contributed by atoms with E-state index in [1.807, 2.05) is 17.0 Å². The topological polar surface area (TPSA) is 81.4 Å². The largest absolute Gasteiger partial charge is 0.381 e. The van der Waals surface area contributed by atoms with Gasteiger partial charge in [0.25, 0.3) is 5.89 Å². The molecule has 25 heavy (non-hydrogen) atoms. The summed E-state index contributed by atoms with van der Waals surface area (Å²) >= 11 is 0. The van der Waals surface area contributed by atoms with Gasteiger partial charge in [-0.1, -0.05) is 5.16 Å². The van der Waals surface area contributed by atoms with Crippen LogP contribution in [-0.2, 0) is 16.0 Å². The fourth-order valence-electron chi connectivity index (χ4n) is 3.61. The number of ether oxygens (including phenoxy) is 1. The minimum atomic E-state index is 0.135. The predicted octanol–water partition coefficient (Wildman–Crippen LogP) is 1.95. The lowest BCUT2D eigenvalue weighted by atomic mass is 9.99. The third kappa shape index (κ3) is 3.71. The van der Waals surface area contributed by atoms with Crippen molar-refractivity contribution >= 4 is 5.91 Å². The van der Waals surface area contributed by atoms with Crippen LogP contribution in [0.4, 0.5) is 0 Å². The first-order valence-corrected chi connectivity index (χ1v) is 8.89. The van der Waals surface area contributed by atoms with Crippen LogP contribution in [0.15, 0.2) is 29.0 Å². The number of likely N-dealkylation sites (tertiary alicyclic amines) is 1. The molecule has 132 valence electrons. The van der Waals surface area contributed by atoms with Crippen molar-refractivity contribution in [2.45, 2.75) is 25.7 Å². The molecule has 0 aromatic carbocycles. The summed E-state index contributed by atoms with van der Waals surface area (Å²) in [5.41, 5.74) is 0.872. The number of amides is 1. The van der Waals surface area contributed by atoms with Gasteiger partial charge in [-0.2, -0.15) is 4.98 Å². The molecule has 4 rings (SSSR count). The summed E-state index contributed by atoms with van der Waals surface area (Å²) in [6.45, 7) is 3.02. The molecule has 4 heterocycles. The van der Waals surface area contributed by atoms with E-state index in [-0.39, 0.29) is 11.8 Å². The average Bonchev–Trinajstić information content (AvgIpc) is 3.33. The predicted molar refractivity (Wildman–Crippen MR) is 89.5 cm³/mol. The zero-order valence-electron chi connectivity index (χ0n) is 14.1. The van der Waals surface area contributed by atoms with Gasteiger partial charge in [-0.05, 0) is 37.3 Å². The van der Waals surface area contributed by atoms with Gasteiger partial charge in [0.05, 0.1) is 0 Å². The Morgan fingerprint density at radius 3 is 2.80 bits per heavy atom. The van der Waals surface area contributed by atoms with Crippen molar-refractivity contribution in [3.05, 3.63) is 30.4 Å². The van der Waals surface area contributed by atoms with Crippen LogP contribution < -0.4 is 0 Å². The highest BCUT2D eigenvalue weighted by Gasteiger charge is 2.32. The molecule has 0 spiro atoms. The van der Waals surface area contributed by atoms with Crippen molar-refractivity contribution in [1.82, 2.24) is 20.0 Å². The molecular formula is C18H22N4O3. The molecule has 0 radical (unpaired) electrons. The van der Waals surface area contributed by atoms with Crippen LogP contribution >= 0.6 is 0 Å². The van der Waals surface area contributed by atoms with Crippen molar-refractivity contribution in [3.8, 4) is 11.5 Å². The van der Waals surface area contributed by atoms with E-state index in [9.17, 15) is 4.79 Å². The Morgan fingerprint density at radius 2 is 2.00 bits per heavy atom. The first kappa shape index (κ1) is 16.2. The summed E-state index contributed by atoms with van der Waals surface area (Å²) in [7, 11) is 0. The Morgan fingerprint density at radius 1 is 1.20 bits per heavy atom. The average molecular weight is 342 g/mol. The molecule has 2 saturated heterocycles. The molecule has 7 heteroatoms. The lowest BCUT2D eigenvalue weighted by molar-refractivity contribution is -0.137. The summed E-state index contributed by atoms with van der Waals surface area (Å²) in [5.74, 6) is 2.04. The first-order chi connectivity index (χ1) is 12.3. The normalized spacial score (nSPS) is 21.6. The summed E-state index contributed by atoms with van der Waals surface area (Å²) in [5, 5.41) is 4.09. The van der Waals surface area contributed by atoms with E-state index in [2.05, 4.69) is 15.1 Å². The number of hydrogen-bond acceptors (Lipinski definition) is 6. The quantitative estimate of drug-likeness (QED) is 0.845. The number of carbonyl (C=O) groups is 1. The molecule has 2 aromatic heterocycles. The lowest BCUT2D eigenvalue weighted by Gasteiger charge is -2.26. The Hall–Kier alpha value is -2.28. The Kier molecular flexibility index (Phi) is 4.74. The molecule has 2 aliphatic rings. The van der Waals surface area contributed by atoms with Gasteiger partial charge in [-0.3, -0.25) is 9.78 Å². The molecular weight excluding hydrogens is 320 g/mol. The van der Waals surface area contributed by atoms with Gasteiger partial charge in [0.2, 0.25) is 5.91 Å². The fourth-order valence-corrected chi connectivity index (χ4v) is 3.61. The number of nitrogens with zero attached hydrogens (tertiary/aromatic N) is 4. The van der Waals surface area contributed by atoms with E-state index in [4.69, 9.17) is 9.26 Å². The Labute approximate surface area is 146 Å². The first-order valence-electron chi connectivity index (χ1n) is 8.89. The lowest BCUT2D eigenvalue weighted by Crippen LogP contribution is -2.37. The minimum absolute atomic E-state index is 0.135. The van der Waals surface area contributed by atoms with Gasteiger partial charge >= 0.3 is 0 Å². The maximum Gasteiger partial charge on any atom is 0.258 e. The molecule has 2 aliphatic heterocycles. The van der Waals surface area contributed by atoms with Gasteiger partial charge in [0, 0.05) is 56.6 Å². The van der Waals surface area contributed by atoms with Crippen molar-refractivity contribution in [1.29, 1.82) is 0 Å². The monoisotopic (exact) mass is 342 g/mol. The van der Waals surface area contributed by atoms with Crippen molar-refractivity contribution in [2.24, 2.45) is 11.8 Å². The Bertz CT molecular complexity index is 712. The summed E-state index contributed by atoms with van der Waals surface area (Å²) in [6.07, 6.45) is 6.84. The van der Waals surface area contributed by atoms with E-state index in [1.54, 1.807) is 12.4 Å². The molecule has 2 aromatic rings. The third-order valence-corrected chi connectivity index (χ3v) is 5.03. The van der Waals surface area contributed by atoms with Gasteiger partial charge < -0.3 is 14.2 Å². The van der Waals surface area contributed by atoms with Gasteiger partial charge in [0.15, 0.2) is 5.82 Å². The van der Waals surface area contributed by atoms with E-state index in [0.717, 1.165) is 44.3 Å². The van der Waals surface area contributed by atoms with Crippen LogP contribution in [-0.4, -0.2) is 52.2 Å². The van der Waals surface area contributed by atoms with Crippen LogP contribution in [0.25, 0.3) is 11.5 Å². The highest BCUT2D eigenvalue weighted by molar-refractivity contribution is 5.79. The molecule has 7 nitrogen and oxygen atoms in total. The van der Waals surface area contributed by atoms with Crippen molar-refractivity contribution in [2.75, 3.05) is 26.3 Å². The van der Waals surface area contributed by atoms with E-state index >= 15 is 0 Å². The van der Waals surface area contributed by atoms with Crippen LogP contribution in [0.1, 0.15) is 25.1 Å². The van der Waals surface area contributed by atoms with Crippen molar-refractivity contribution < 1.29 is 14.1 Å². The zero-order chi connectivity index (χ0) is 17.1. The zero-order valence-corrected chi connectivity index (χ0v) is 14.1. The van der Waals surface area contributed by atoms with Crippen LogP contribution in [0, 0.1) is 11.8 Å². The molecule has 0 aliphatic carbocycles. The SMILES string of the molecule is O=C(C1CCOCC1)N1CCC(Cc2noc(-c3ccncc3)n2)C1. The second-order valence-electron chi connectivity index (χ2n) is 6.78. The van der Waals surface area contributed by atoms with Crippen LogP contribution in [0.2, 0.25) is 0 Å². The standard InChI is InChI=1S/C18H22N4O3/c23-18(15-4-9-24-10-5-15)22-8-3-13(12-22)11-16-20-17(25-21-16)14-1-6-19-7-2-14/h1-2,6-7,13,15H,3-5,8-12H2. The van der Waals surface area contributed by atoms with Crippen LogP contribution in [0.3, 0.4) is 0 Å². The number of pyridine rings is 1. The minimum Gasteiger partial charge on any atom is -0.381 e. The molecule has 0 saturated carbocycles. The molecule has 1 unspecified atom stereocenters. The fraction of sp³-hybridized carbons (Fsp3) is 0.556. The summed E-state index contributed by atoms with van der Waals surface area (Å²) < 4.78 is 10.7. The second kappa shape index (κ2) is 7.31. The molecule has 1 amide bonds. The summed E-state index contributed by atoms with van der Waals surface area (Å²) in [4.78, 5) is 23.1. The van der Waals surface area contributed by atoms with Crippen molar-refractivity contribution in [3.63, 3.8) is 0 Å². The van der Waals surface area contributed by atoms with Gasteiger partial charge in [-0.15, -0.1) is 0 Å². The van der Waals surface area contributed by atoms with Gasteiger partial charge in [0.1, 0.15) is 0 Å². The van der Waals surface area contributed by atoms with E-state index in [1.165, 1.54) is 0 Å². The Balaban J connectivity index is 1.34. The van der Waals surface area contributed by atoms with E-state index in [0.29, 0.717) is 30.8 Å². The number of carbonyl (C=O) groups excluding carboxylic acids is 1. The van der Waals surface area contributed by atoms with E-state index < -0.39 is 0 Å². The number of hydrogen-bond donors (Lipinski definition) is 0. The summed E-state index contributed by atoms with van der Waals surface area (Å²) in [6, 6.07) is 3.70. The highest BCUT2D eigenvalue weighted by Crippen LogP contribution is 2.25. The van der Waals surface area contributed by atoms with Gasteiger partial charge in [-0.25, -0.2) is 0 Å². The molecule has 0 bridgehead atoms. The second-order valence-corrected chi connectivity index (χ2v) is 6.78. The molecule has 2 fully saturated rings. The third-order valence-electron chi connectivity index (χ3n) is 5.03. The smallest absolute Gasteiger partial charge is 0.258 e. The number of aromatic nitrogens is 3. The molecule has 0 N–H and O–H groups in total. The van der Waals surface area contributed by atoms with Crippen LogP contribution in [0.5, 0.6) is 0 Å². The highest BCUT2D eigenvalue weighted by atomic mass is 16.5. The maximum absolute atomic E-state index is 12.6.